The molecule has 66 heavy (non-hydrogen) atoms. The Hall–Kier alpha value is -5.51. The molecule has 5 aromatic rings. The highest BCUT2D eigenvalue weighted by Gasteiger charge is 2.50. The molecule has 3 N–H and O–H groups in total. The molecule has 0 radical (unpaired) electrons. The lowest BCUT2D eigenvalue weighted by molar-refractivity contribution is -0.384. The first-order valence-electron chi connectivity index (χ1n) is 23.7. The number of nitrogens with zero attached hydrogens (tertiary/aromatic N) is 4. The van der Waals surface area contributed by atoms with Gasteiger partial charge in [0.25, 0.3) is 21.6 Å². The lowest BCUT2D eigenvalue weighted by Gasteiger charge is -2.56. The molecule has 1 spiro atoms. The minimum absolute atomic E-state index is 0.00896. The van der Waals surface area contributed by atoms with Crippen LogP contribution in [-0.4, -0.2) is 77.5 Å². The number of hydrogen-bond acceptors (Lipinski definition) is 11. The van der Waals surface area contributed by atoms with Crippen LogP contribution in [0.1, 0.15) is 125 Å². The number of nitro benzene ring substituents is 1. The second kappa shape index (κ2) is 17.0. The van der Waals surface area contributed by atoms with E-state index in [2.05, 4.69) is 54.1 Å². The van der Waals surface area contributed by atoms with Crippen molar-refractivity contribution < 1.29 is 27.6 Å². The minimum atomic E-state index is -4.57. The van der Waals surface area contributed by atoms with E-state index in [1.54, 1.807) is 41.7 Å². The molecule has 2 aromatic heterocycles. The molecular formula is C51H61N7O7S. The first-order chi connectivity index (χ1) is 31.5. The van der Waals surface area contributed by atoms with Crippen molar-refractivity contribution in [2.75, 3.05) is 36.4 Å². The lowest BCUT2D eigenvalue weighted by atomic mass is 9.59. The van der Waals surface area contributed by atoms with E-state index in [1.165, 1.54) is 57.2 Å². The van der Waals surface area contributed by atoms with E-state index < -0.39 is 31.4 Å². The molecule has 3 aromatic carbocycles. The Labute approximate surface area is 387 Å². The van der Waals surface area contributed by atoms with Gasteiger partial charge in [-0.2, -0.15) is 0 Å². The van der Waals surface area contributed by atoms with E-state index in [-0.39, 0.29) is 34.1 Å². The van der Waals surface area contributed by atoms with Crippen LogP contribution in [-0.2, 0) is 14.8 Å². The van der Waals surface area contributed by atoms with Crippen molar-refractivity contribution in [1.29, 1.82) is 0 Å². The van der Waals surface area contributed by atoms with Crippen molar-refractivity contribution in [3.63, 3.8) is 0 Å². The number of aromatic nitrogens is 2. The van der Waals surface area contributed by atoms with E-state index in [4.69, 9.17) is 9.47 Å². The number of nitrogens with one attached hydrogen (secondary N) is 3. The molecule has 0 unspecified atom stereocenters. The van der Waals surface area contributed by atoms with Crippen LogP contribution in [0.4, 0.5) is 17.1 Å². The fourth-order valence-corrected chi connectivity index (χ4v) is 12.9. The monoisotopic (exact) mass is 915 g/mol. The lowest BCUT2D eigenvalue weighted by Crippen LogP contribution is -2.54. The molecule has 15 heteroatoms. The van der Waals surface area contributed by atoms with Gasteiger partial charge >= 0.3 is 0 Å². The Bertz CT molecular complexity index is 2750. The number of piperidine rings is 1. The maximum Gasteiger partial charge on any atom is 0.293 e. The highest BCUT2D eigenvalue weighted by Crippen LogP contribution is 2.55. The molecule has 5 aliphatic rings. The van der Waals surface area contributed by atoms with Crippen LogP contribution in [0.15, 0.2) is 90.1 Å². The van der Waals surface area contributed by atoms with Gasteiger partial charge in [0.1, 0.15) is 22.8 Å². The van der Waals surface area contributed by atoms with Crippen molar-refractivity contribution in [2.24, 2.45) is 11.3 Å². The fourth-order valence-electron chi connectivity index (χ4n) is 12.0. The third-order valence-corrected chi connectivity index (χ3v) is 16.2. The van der Waals surface area contributed by atoms with Gasteiger partial charge in [0, 0.05) is 61.1 Å². The number of fused-ring (bicyclic) bond motifs is 1. The highest BCUT2D eigenvalue weighted by atomic mass is 32.2. The van der Waals surface area contributed by atoms with Crippen LogP contribution < -0.4 is 19.7 Å². The molecular weight excluding hydrogens is 855 g/mol. The Morgan fingerprint density at radius 2 is 1.67 bits per heavy atom. The molecule has 0 bridgehead atoms. The number of pyridine rings is 1. The van der Waals surface area contributed by atoms with E-state index >= 15 is 0 Å². The Kier molecular flexibility index (Phi) is 11.4. The summed E-state index contributed by atoms with van der Waals surface area (Å²) in [5.41, 5.74) is 4.06. The fraction of sp³-hybridized carbons (Fsp3) is 0.490. The number of likely N-dealkylation sites (tertiary alicyclic amines) is 1. The van der Waals surface area contributed by atoms with Gasteiger partial charge in [-0.25, -0.2) is 18.1 Å². The van der Waals surface area contributed by atoms with Gasteiger partial charge in [0.15, 0.2) is 0 Å². The third kappa shape index (κ3) is 9.13. The van der Waals surface area contributed by atoms with Gasteiger partial charge in [-0.1, -0.05) is 24.3 Å². The van der Waals surface area contributed by atoms with Crippen molar-refractivity contribution in [2.45, 2.75) is 126 Å². The van der Waals surface area contributed by atoms with Crippen molar-refractivity contribution in [3.05, 3.63) is 112 Å². The van der Waals surface area contributed by atoms with Gasteiger partial charge in [-0.15, -0.1) is 0 Å². The average molecular weight is 916 g/mol. The number of nitro groups is 1. The average Bonchev–Trinajstić information content (AvgIpc) is 3.80. The summed E-state index contributed by atoms with van der Waals surface area (Å²) in [4.78, 5) is 38.0. The standard InChI is InChI=1S/C51H61N7O7S/c1-49(2)27-33(28-50(3,4)65-49)31-53-43-16-14-39(26-45(43)58(60)61)66(62,63)55-48(59)42-15-13-36(25-46(42)64-38-24-35-17-20-52-47(35)54-32-38)56-22-18-51(19-23-56)29-37(30-51)57-21-7-10-44(57)41-9-6-5-8-40(41)34-11-12-34/h5-6,8-9,13-17,20,24-26,32-34,37,44,53H,7,10-12,18-19,21-23,27-31H2,1-4H3,(H,52,54)(H,55,59)/t44-/m0/s1. The highest BCUT2D eigenvalue weighted by molar-refractivity contribution is 7.90. The Morgan fingerprint density at radius 3 is 2.39 bits per heavy atom. The normalized spacial score (nSPS) is 22.0. The summed E-state index contributed by atoms with van der Waals surface area (Å²) < 4.78 is 42.4. The van der Waals surface area contributed by atoms with E-state index in [9.17, 15) is 23.3 Å². The number of benzene rings is 3. The zero-order valence-electron chi connectivity index (χ0n) is 38.3. The van der Waals surface area contributed by atoms with Crippen LogP contribution in [0.2, 0.25) is 0 Å². The van der Waals surface area contributed by atoms with Crippen LogP contribution in [0, 0.1) is 21.4 Å². The summed E-state index contributed by atoms with van der Waals surface area (Å²) in [5, 5.41) is 16.3. The molecule has 5 fully saturated rings. The van der Waals surface area contributed by atoms with Crippen LogP contribution in [0.25, 0.3) is 11.0 Å². The number of sulfonamides is 1. The number of anilines is 2. The topological polar surface area (TPSA) is 172 Å². The number of carbonyl (C=O) groups excluding carboxylic acids is 1. The summed E-state index contributed by atoms with van der Waals surface area (Å²) in [6.07, 6.45) is 14.5. The van der Waals surface area contributed by atoms with Gasteiger partial charge in [-0.3, -0.25) is 19.8 Å². The molecule has 14 nitrogen and oxygen atoms in total. The van der Waals surface area contributed by atoms with Crippen LogP contribution in [0.5, 0.6) is 11.5 Å². The first-order valence-corrected chi connectivity index (χ1v) is 25.2. The predicted octanol–water partition coefficient (Wildman–Crippen LogP) is 10.2. The molecule has 10 rings (SSSR count). The number of rotatable bonds is 13. The van der Waals surface area contributed by atoms with Crippen molar-refractivity contribution in [1.82, 2.24) is 19.6 Å². The Balaban J connectivity index is 0.836. The van der Waals surface area contributed by atoms with Crippen LogP contribution in [0.3, 0.4) is 0 Å². The molecule has 2 aliphatic carbocycles. The molecule has 348 valence electrons. The van der Waals surface area contributed by atoms with Gasteiger partial charge < -0.3 is 24.7 Å². The van der Waals surface area contributed by atoms with Gasteiger partial charge in [-0.05, 0) is 163 Å². The minimum Gasteiger partial charge on any atom is -0.455 e. The SMILES string of the molecule is CC1(C)CC(CNc2ccc(S(=O)(=O)NC(=O)c3ccc(N4CCC5(CC4)CC(N4CCC[C@H]4c4ccccc4C4CC4)C5)cc3Oc3cnc4[nH]ccc4c3)cc2[N+](=O)[O-])CC(C)(C)O1. The van der Waals surface area contributed by atoms with Gasteiger partial charge in [0.05, 0.1) is 32.8 Å². The van der Waals surface area contributed by atoms with E-state index in [1.807, 2.05) is 39.8 Å². The molecule has 1 amide bonds. The number of hydrogen-bond donors (Lipinski definition) is 3. The van der Waals surface area contributed by atoms with Crippen molar-refractivity contribution >= 4 is 44.0 Å². The predicted molar refractivity (Wildman–Crippen MR) is 255 cm³/mol. The summed E-state index contributed by atoms with van der Waals surface area (Å²) in [6, 6.07) is 22.8. The largest absolute Gasteiger partial charge is 0.455 e. The second-order valence-electron chi connectivity index (χ2n) is 20.9. The summed E-state index contributed by atoms with van der Waals surface area (Å²) in [5.74, 6) is 0.526. The maximum atomic E-state index is 14.0. The van der Waals surface area contributed by atoms with Crippen molar-refractivity contribution in [3.8, 4) is 11.5 Å². The summed E-state index contributed by atoms with van der Waals surface area (Å²) >= 11 is 0. The molecule has 5 heterocycles. The Morgan fingerprint density at radius 1 is 0.924 bits per heavy atom. The van der Waals surface area contributed by atoms with E-state index in [0.717, 1.165) is 61.8 Å². The molecule has 2 saturated carbocycles. The van der Waals surface area contributed by atoms with E-state index in [0.29, 0.717) is 35.4 Å². The first kappa shape index (κ1) is 44.3. The maximum absolute atomic E-state index is 14.0. The smallest absolute Gasteiger partial charge is 0.293 e. The van der Waals surface area contributed by atoms with Gasteiger partial charge in [0.2, 0.25) is 0 Å². The number of ether oxygens (including phenoxy) is 2. The summed E-state index contributed by atoms with van der Waals surface area (Å²) in [6.45, 7) is 11.5. The summed E-state index contributed by atoms with van der Waals surface area (Å²) in [7, 11) is -4.57. The van der Waals surface area contributed by atoms with Crippen LogP contribution >= 0.6 is 0 Å². The molecule has 1 atom stereocenters. The zero-order valence-corrected chi connectivity index (χ0v) is 39.2. The number of aromatic amines is 1. The quantitative estimate of drug-likeness (QED) is 0.0758. The second-order valence-corrected chi connectivity index (χ2v) is 22.5. The molecule has 3 aliphatic heterocycles. The number of amides is 1. The zero-order chi connectivity index (χ0) is 46.0. The number of carbonyl (C=O) groups is 1. The molecule has 3 saturated heterocycles. The number of H-pyrrole nitrogens is 1. The third-order valence-electron chi connectivity index (χ3n) is 14.9.